The number of carbonyl (C=O) groups is 1. The minimum atomic E-state index is -0.283. The van der Waals surface area contributed by atoms with Crippen molar-refractivity contribution in [2.75, 3.05) is 18.5 Å². The first-order valence-electron chi connectivity index (χ1n) is 10.5. The minimum absolute atomic E-state index is 0.283. The average molecular weight is 483 g/mol. The summed E-state index contributed by atoms with van der Waals surface area (Å²) in [5.74, 6) is 1.38. The van der Waals surface area contributed by atoms with Gasteiger partial charge in [0, 0.05) is 27.6 Å². The maximum Gasteiger partial charge on any atom is 0.256 e. The zero-order chi connectivity index (χ0) is 23.4. The number of nitrogens with one attached hydrogen (secondary N) is 1. The smallest absolute Gasteiger partial charge is 0.256 e. The molecule has 170 valence electrons. The van der Waals surface area contributed by atoms with Crippen molar-refractivity contribution in [3.05, 3.63) is 70.2 Å². The molecule has 1 N–H and O–H groups in total. The third-order valence-corrected chi connectivity index (χ3v) is 5.76. The molecule has 0 aliphatic heterocycles. The normalized spacial score (nSPS) is 10.8. The molecular weight excluding hydrogens is 460 g/mol. The Hall–Kier alpha value is -3.36. The molecule has 0 spiro atoms. The molecule has 33 heavy (non-hydrogen) atoms. The highest BCUT2D eigenvalue weighted by Gasteiger charge is 2.17. The van der Waals surface area contributed by atoms with Crippen LogP contribution in [0.3, 0.4) is 0 Å². The summed E-state index contributed by atoms with van der Waals surface area (Å²) in [5.41, 5.74) is 2.97. The molecule has 2 aromatic heterocycles. The van der Waals surface area contributed by atoms with Gasteiger partial charge < -0.3 is 14.8 Å². The number of ether oxygens (including phenoxy) is 2. The predicted octanol–water partition coefficient (Wildman–Crippen LogP) is 6.01. The number of aromatic nitrogens is 3. The summed E-state index contributed by atoms with van der Waals surface area (Å²) in [4.78, 5) is 17.7. The van der Waals surface area contributed by atoms with Gasteiger partial charge in [-0.05, 0) is 51.1 Å². The van der Waals surface area contributed by atoms with E-state index in [1.165, 1.54) is 11.3 Å². The molecule has 0 saturated carbocycles. The SMILES string of the molecule is CCOc1ccc(C(=O)Nc2cc(C)nn2-c2nc(-c3ccc(Cl)cc3)cs2)cc1OCC. The van der Waals surface area contributed by atoms with Crippen molar-refractivity contribution in [3.8, 4) is 27.9 Å². The molecule has 0 aliphatic carbocycles. The first-order chi connectivity index (χ1) is 16.0. The van der Waals surface area contributed by atoms with Crippen molar-refractivity contribution in [2.24, 2.45) is 0 Å². The lowest BCUT2D eigenvalue weighted by Gasteiger charge is -2.12. The van der Waals surface area contributed by atoms with Crippen molar-refractivity contribution >= 4 is 34.7 Å². The molecule has 0 saturated heterocycles. The summed E-state index contributed by atoms with van der Waals surface area (Å²) >= 11 is 7.42. The van der Waals surface area contributed by atoms with Crippen LogP contribution in [-0.2, 0) is 0 Å². The number of aryl methyl sites for hydroxylation is 1. The Kier molecular flexibility index (Phi) is 6.96. The summed E-state index contributed by atoms with van der Waals surface area (Å²) in [6.07, 6.45) is 0. The van der Waals surface area contributed by atoms with E-state index in [4.69, 9.17) is 26.1 Å². The second-order valence-electron chi connectivity index (χ2n) is 7.09. The lowest BCUT2D eigenvalue weighted by atomic mass is 10.2. The molecule has 1 amide bonds. The topological polar surface area (TPSA) is 78.3 Å². The van der Waals surface area contributed by atoms with Crippen LogP contribution >= 0.6 is 22.9 Å². The zero-order valence-electron chi connectivity index (χ0n) is 18.5. The molecule has 0 unspecified atom stereocenters. The fourth-order valence-electron chi connectivity index (χ4n) is 3.23. The van der Waals surface area contributed by atoms with Gasteiger partial charge in [0.05, 0.1) is 24.6 Å². The van der Waals surface area contributed by atoms with Gasteiger partial charge in [-0.15, -0.1) is 11.3 Å². The Balaban J connectivity index is 1.59. The highest BCUT2D eigenvalue weighted by Crippen LogP contribution is 2.30. The number of nitrogens with zero attached hydrogens (tertiary/aromatic N) is 3. The van der Waals surface area contributed by atoms with Gasteiger partial charge in [0.2, 0.25) is 5.13 Å². The van der Waals surface area contributed by atoms with E-state index >= 15 is 0 Å². The number of hydrogen-bond donors (Lipinski definition) is 1. The number of carbonyl (C=O) groups excluding carboxylic acids is 1. The standard InChI is InChI=1S/C24H23ClN4O3S/c1-4-31-20-11-8-17(13-21(20)32-5-2)23(30)27-22-12-15(3)28-29(22)24-26-19(14-33-24)16-6-9-18(25)10-7-16/h6-14H,4-5H2,1-3H3,(H,27,30). The first-order valence-corrected chi connectivity index (χ1v) is 11.7. The maximum absolute atomic E-state index is 13.0. The lowest BCUT2D eigenvalue weighted by molar-refractivity contribution is 0.102. The van der Waals surface area contributed by atoms with Gasteiger partial charge in [-0.1, -0.05) is 23.7 Å². The maximum atomic E-state index is 13.0. The Morgan fingerprint density at radius 1 is 1.06 bits per heavy atom. The summed E-state index contributed by atoms with van der Waals surface area (Å²) in [7, 11) is 0. The van der Waals surface area contributed by atoms with Gasteiger partial charge in [-0.3, -0.25) is 4.79 Å². The largest absolute Gasteiger partial charge is 0.490 e. The number of rotatable bonds is 8. The summed E-state index contributed by atoms with van der Waals surface area (Å²) in [5, 5.41) is 10.7. The molecule has 0 fully saturated rings. The van der Waals surface area contributed by atoms with Crippen LogP contribution < -0.4 is 14.8 Å². The van der Waals surface area contributed by atoms with E-state index in [-0.39, 0.29) is 5.91 Å². The monoisotopic (exact) mass is 482 g/mol. The van der Waals surface area contributed by atoms with E-state index < -0.39 is 0 Å². The molecule has 2 aromatic carbocycles. The molecule has 7 nitrogen and oxygen atoms in total. The van der Waals surface area contributed by atoms with Crippen LogP contribution in [0.2, 0.25) is 5.02 Å². The van der Waals surface area contributed by atoms with E-state index in [0.29, 0.717) is 46.2 Å². The molecule has 0 atom stereocenters. The van der Waals surface area contributed by atoms with E-state index in [2.05, 4.69) is 10.4 Å². The number of benzene rings is 2. The Morgan fingerprint density at radius 3 is 2.52 bits per heavy atom. The molecule has 0 radical (unpaired) electrons. The second kappa shape index (κ2) is 10.1. The fourth-order valence-corrected chi connectivity index (χ4v) is 4.15. The van der Waals surface area contributed by atoms with E-state index in [0.717, 1.165) is 17.0 Å². The molecular formula is C24H23ClN4O3S. The van der Waals surface area contributed by atoms with Gasteiger partial charge >= 0.3 is 0 Å². The van der Waals surface area contributed by atoms with Crippen molar-refractivity contribution in [2.45, 2.75) is 20.8 Å². The molecule has 0 bridgehead atoms. The highest BCUT2D eigenvalue weighted by atomic mass is 35.5. The van der Waals surface area contributed by atoms with Crippen LogP contribution in [0, 0.1) is 6.92 Å². The molecule has 4 rings (SSSR count). The quantitative estimate of drug-likeness (QED) is 0.333. The highest BCUT2D eigenvalue weighted by molar-refractivity contribution is 7.12. The number of hydrogen-bond acceptors (Lipinski definition) is 6. The van der Waals surface area contributed by atoms with Crippen LogP contribution in [0.25, 0.3) is 16.4 Å². The first kappa shape index (κ1) is 22.8. The van der Waals surface area contributed by atoms with E-state index in [1.807, 2.05) is 50.4 Å². The van der Waals surface area contributed by atoms with Gasteiger partial charge in [-0.2, -0.15) is 9.78 Å². The van der Waals surface area contributed by atoms with Crippen molar-refractivity contribution in [1.82, 2.24) is 14.8 Å². The van der Waals surface area contributed by atoms with Gasteiger partial charge in [-0.25, -0.2) is 4.98 Å². The van der Waals surface area contributed by atoms with E-state index in [1.54, 1.807) is 28.9 Å². The Bertz CT molecular complexity index is 1270. The summed E-state index contributed by atoms with van der Waals surface area (Å²) < 4.78 is 12.9. The van der Waals surface area contributed by atoms with Crippen molar-refractivity contribution in [3.63, 3.8) is 0 Å². The van der Waals surface area contributed by atoms with Crippen LogP contribution in [0.5, 0.6) is 11.5 Å². The minimum Gasteiger partial charge on any atom is -0.490 e. The van der Waals surface area contributed by atoms with E-state index in [9.17, 15) is 4.79 Å². The number of anilines is 1. The number of thiazole rings is 1. The fraction of sp³-hybridized carbons (Fsp3) is 0.208. The lowest BCUT2D eigenvalue weighted by Crippen LogP contribution is -2.15. The molecule has 4 aromatic rings. The average Bonchev–Trinajstić information content (AvgIpc) is 3.42. The third kappa shape index (κ3) is 5.18. The number of amides is 1. The zero-order valence-corrected chi connectivity index (χ0v) is 20.0. The van der Waals surface area contributed by atoms with Crippen molar-refractivity contribution < 1.29 is 14.3 Å². The van der Waals surface area contributed by atoms with Gasteiger partial charge in [0.1, 0.15) is 5.82 Å². The Morgan fingerprint density at radius 2 is 1.79 bits per heavy atom. The van der Waals surface area contributed by atoms with Crippen molar-refractivity contribution in [1.29, 1.82) is 0 Å². The summed E-state index contributed by atoms with van der Waals surface area (Å²) in [6.45, 7) is 6.63. The van der Waals surface area contributed by atoms with Gasteiger partial charge in [0.25, 0.3) is 5.91 Å². The molecule has 2 heterocycles. The van der Waals surface area contributed by atoms with Crippen LogP contribution in [0.4, 0.5) is 5.82 Å². The van der Waals surface area contributed by atoms with Crippen LogP contribution in [0.1, 0.15) is 29.9 Å². The second-order valence-corrected chi connectivity index (χ2v) is 8.36. The number of halogens is 1. The Labute approximate surface area is 201 Å². The molecule has 0 aliphatic rings. The van der Waals surface area contributed by atoms with Crippen LogP contribution in [-0.4, -0.2) is 33.9 Å². The third-order valence-electron chi connectivity index (χ3n) is 4.69. The van der Waals surface area contributed by atoms with Gasteiger partial charge in [0.15, 0.2) is 11.5 Å². The van der Waals surface area contributed by atoms with Crippen LogP contribution in [0.15, 0.2) is 53.9 Å². The summed E-state index contributed by atoms with van der Waals surface area (Å²) in [6, 6.07) is 14.4. The molecule has 9 heteroatoms. The predicted molar refractivity (Wildman–Crippen MR) is 131 cm³/mol.